The minimum atomic E-state index is -1.60. The third kappa shape index (κ3) is 8.02. The summed E-state index contributed by atoms with van der Waals surface area (Å²) < 4.78 is 5.67. The van der Waals surface area contributed by atoms with E-state index in [9.17, 15) is 9.59 Å². The SMILES string of the molecule is C=C(CC(=O)O)C(=O)NCCC[Si](C)(C)OCC. The highest BCUT2D eigenvalue weighted by Crippen LogP contribution is 2.12. The van der Waals surface area contributed by atoms with Crippen LogP contribution in [0.4, 0.5) is 0 Å². The number of amides is 1. The van der Waals surface area contributed by atoms with Crippen LogP contribution in [0.25, 0.3) is 0 Å². The van der Waals surface area contributed by atoms with Gasteiger partial charge in [0, 0.05) is 18.7 Å². The number of carboxylic acids is 1. The van der Waals surface area contributed by atoms with E-state index in [1.807, 2.05) is 6.92 Å². The first-order valence-electron chi connectivity index (χ1n) is 6.10. The average molecular weight is 273 g/mol. The molecule has 0 saturated heterocycles. The van der Waals surface area contributed by atoms with Crippen LogP contribution in [-0.2, 0) is 14.0 Å². The van der Waals surface area contributed by atoms with Crippen LogP contribution in [0, 0.1) is 0 Å². The fourth-order valence-electron chi connectivity index (χ4n) is 1.57. The summed E-state index contributed by atoms with van der Waals surface area (Å²) in [5.41, 5.74) is 0.0869. The van der Waals surface area contributed by atoms with Gasteiger partial charge in [-0.1, -0.05) is 6.58 Å². The van der Waals surface area contributed by atoms with Crippen LogP contribution in [0.5, 0.6) is 0 Å². The van der Waals surface area contributed by atoms with Gasteiger partial charge >= 0.3 is 5.97 Å². The summed E-state index contributed by atoms with van der Waals surface area (Å²) in [6.07, 6.45) is 0.524. The molecule has 0 aromatic heterocycles. The van der Waals surface area contributed by atoms with Crippen molar-refractivity contribution < 1.29 is 19.1 Å². The molecular formula is C12H23NO4Si. The lowest BCUT2D eigenvalue weighted by molar-refractivity contribution is -0.137. The van der Waals surface area contributed by atoms with Crippen molar-refractivity contribution in [3.8, 4) is 0 Å². The zero-order valence-corrected chi connectivity index (χ0v) is 12.4. The summed E-state index contributed by atoms with van der Waals surface area (Å²) in [6, 6.07) is 0.965. The Morgan fingerprint density at radius 2 is 2.00 bits per heavy atom. The Balaban J connectivity index is 3.82. The van der Waals surface area contributed by atoms with Gasteiger partial charge < -0.3 is 14.8 Å². The van der Waals surface area contributed by atoms with E-state index in [1.54, 1.807) is 0 Å². The first kappa shape index (κ1) is 16.9. The van der Waals surface area contributed by atoms with Crippen LogP contribution < -0.4 is 5.32 Å². The number of nitrogens with one attached hydrogen (secondary N) is 1. The summed E-state index contributed by atoms with van der Waals surface area (Å²) in [7, 11) is -1.60. The van der Waals surface area contributed by atoms with Crippen molar-refractivity contribution in [3.05, 3.63) is 12.2 Å². The molecule has 0 aliphatic carbocycles. The van der Waals surface area contributed by atoms with Crippen molar-refractivity contribution in [2.24, 2.45) is 0 Å². The summed E-state index contributed by atoms with van der Waals surface area (Å²) >= 11 is 0. The number of hydrogen-bond acceptors (Lipinski definition) is 3. The smallest absolute Gasteiger partial charge is 0.308 e. The Morgan fingerprint density at radius 1 is 1.39 bits per heavy atom. The minimum Gasteiger partial charge on any atom is -0.481 e. The number of rotatable bonds is 9. The zero-order chi connectivity index (χ0) is 14.2. The van der Waals surface area contributed by atoms with Gasteiger partial charge in [-0.05, 0) is 32.5 Å². The standard InChI is InChI=1S/C12H23NO4Si/c1-5-17-18(3,4)8-6-7-13-12(16)10(2)9-11(14)15/h2,5-9H2,1,3-4H3,(H,13,16)(H,14,15). The molecule has 5 nitrogen and oxygen atoms in total. The molecule has 18 heavy (non-hydrogen) atoms. The van der Waals surface area contributed by atoms with Gasteiger partial charge in [0.1, 0.15) is 0 Å². The van der Waals surface area contributed by atoms with Gasteiger partial charge in [0.2, 0.25) is 5.91 Å². The van der Waals surface area contributed by atoms with Gasteiger partial charge in [-0.25, -0.2) is 0 Å². The van der Waals surface area contributed by atoms with E-state index >= 15 is 0 Å². The van der Waals surface area contributed by atoms with Gasteiger partial charge in [-0.15, -0.1) is 0 Å². The summed E-state index contributed by atoms with van der Waals surface area (Å²) in [6.45, 7) is 11.0. The lowest BCUT2D eigenvalue weighted by Gasteiger charge is -2.21. The van der Waals surface area contributed by atoms with Crippen molar-refractivity contribution in [1.29, 1.82) is 0 Å². The molecule has 6 heteroatoms. The Bertz CT molecular complexity index is 315. The fourth-order valence-corrected chi connectivity index (χ4v) is 3.52. The number of carbonyl (C=O) groups excluding carboxylic acids is 1. The number of hydrogen-bond donors (Lipinski definition) is 2. The number of carboxylic acid groups (broad SMARTS) is 1. The summed E-state index contributed by atoms with van der Waals surface area (Å²) in [5.74, 6) is -1.42. The van der Waals surface area contributed by atoms with Crippen LogP contribution in [0.15, 0.2) is 12.2 Å². The Labute approximate surface area is 109 Å². The summed E-state index contributed by atoms with van der Waals surface area (Å²) in [5, 5.41) is 11.2. The van der Waals surface area contributed by atoms with Gasteiger partial charge in [0.25, 0.3) is 0 Å². The first-order chi connectivity index (χ1) is 8.28. The minimum absolute atomic E-state index is 0.0869. The highest BCUT2D eigenvalue weighted by molar-refractivity contribution is 6.71. The van der Waals surface area contributed by atoms with E-state index in [0.29, 0.717) is 6.54 Å². The number of carbonyl (C=O) groups is 2. The molecule has 0 atom stereocenters. The second-order valence-corrected chi connectivity index (χ2v) is 9.03. The van der Waals surface area contributed by atoms with Crippen LogP contribution in [0.3, 0.4) is 0 Å². The molecule has 2 N–H and O–H groups in total. The van der Waals surface area contributed by atoms with E-state index < -0.39 is 14.3 Å². The molecule has 0 aromatic rings. The Morgan fingerprint density at radius 3 is 2.50 bits per heavy atom. The molecule has 0 heterocycles. The molecule has 0 fully saturated rings. The van der Waals surface area contributed by atoms with Crippen LogP contribution in [0.1, 0.15) is 19.8 Å². The van der Waals surface area contributed by atoms with Gasteiger partial charge in [0.15, 0.2) is 8.32 Å². The Kier molecular flexibility index (Phi) is 7.53. The third-order valence-corrected chi connectivity index (χ3v) is 5.09. The van der Waals surface area contributed by atoms with Gasteiger partial charge in [-0.2, -0.15) is 0 Å². The van der Waals surface area contributed by atoms with Crippen LogP contribution in [0.2, 0.25) is 19.1 Å². The predicted molar refractivity (Wildman–Crippen MR) is 72.9 cm³/mol. The number of aliphatic carboxylic acids is 1. The quantitative estimate of drug-likeness (QED) is 0.381. The molecule has 104 valence electrons. The molecular weight excluding hydrogens is 250 g/mol. The van der Waals surface area contributed by atoms with E-state index in [0.717, 1.165) is 19.1 Å². The van der Waals surface area contributed by atoms with Crippen LogP contribution >= 0.6 is 0 Å². The highest BCUT2D eigenvalue weighted by Gasteiger charge is 2.20. The van der Waals surface area contributed by atoms with Crippen molar-refractivity contribution in [2.75, 3.05) is 13.2 Å². The predicted octanol–water partition coefficient (Wildman–Crippen LogP) is 1.77. The van der Waals surface area contributed by atoms with Gasteiger partial charge in [0.05, 0.1) is 6.42 Å². The lowest BCUT2D eigenvalue weighted by Crippen LogP contribution is -2.32. The van der Waals surface area contributed by atoms with Crippen molar-refractivity contribution in [3.63, 3.8) is 0 Å². The molecule has 0 aliphatic heterocycles. The zero-order valence-electron chi connectivity index (χ0n) is 11.4. The fraction of sp³-hybridized carbons (Fsp3) is 0.667. The summed E-state index contributed by atoms with van der Waals surface area (Å²) in [4.78, 5) is 21.8. The normalized spacial score (nSPS) is 11.1. The van der Waals surface area contributed by atoms with E-state index in [1.165, 1.54) is 0 Å². The maximum absolute atomic E-state index is 11.4. The molecule has 0 spiro atoms. The topological polar surface area (TPSA) is 75.6 Å². The maximum Gasteiger partial charge on any atom is 0.308 e. The molecule has 0 unspecified atom stereocenters. The monoisotopic (exact) mass is 273 g/mol. The van der Waals surface area contributed by atoms with Gasteiger partial charge in [-0.3, -0.25) is 9.59 Å². The lowest BCUT2D eigenvalue weighted by atomic mass is 10.2. The van der Waals surface area contributed by atoms with Crippen molar-refractivity contribution in [2.45, 2.75) is 38.9 Å². The Hall–Kier alpha value is -1.14. The maximum atomic E-state index is 11.4. The first-order valence-corrected chi connectivity index (χ1v) is 9.21. The molecule has 1 amide bonds. The molecule has 0 aromatic carbocycles. The van der Waals surface area contributed by atoms with Crippen LogP contribution in [-0.4, -0.2) is 38.5 Å². The molecule has 0 aliphatic rings. The third-order valence-electron chi connectivity index (χ3n) is 2.46. The van der Waals surface area contributed by atoms with Crippen molar-refractivity contribution in [1.82, 2.24) is 5.32 Å². The highest BCUT2D eigenvalue weighted by atomic mass is 28.4. The van der Waals surface area contributed by atoms with E-state index in [4.69, 9.17) is 9.53 Å². The average Bonchev–Trinajstić information content (AvgIpc) is 2.23. The molecule has 0 saturated carbocycles. The molecule has 0 rings (SSSR count). The second kappa shape index (κ2) is 8.05. The molecule has 0 radical (unpaired) electrons. The second-order valence-electron chi connectivity index (χ2n) is 4.73. The molecule has 0 bridgehead atoms. The van der Waals surface area contributed by atoms with E-state index in [-0.39, 0.29) is 17.9 Å². The largest absolute Gasteiger partial charge is 0.481 e. The van der Waals surface area contributed by atoms with E-state index in [2.05, 4.69) is 25.0 Å². The van der Waals surface area contributed by atoms with Crippen molar-refractivity contribution >= 4 is 20.2 Å².